The van der Waals surface area contributed by atoms with E-state index < -0.39 is 0 Å². The van der Waals surface area contributed by atoms with E-state index in [2.05, 4.69) is 6.07 Å². The molecule has 2 N–H and O–H groups in total. The first-order valence-electron chi connectivity index (χ1n) is 6.89. The second kappa shape index (κ2) is 5.02. The summed E-state index contributed by atoms with van der Waals surface area (Å²) < 4.78 is 16.7. The van der Waals surface area contributed by atoms with Gasteiger partial charge >= 0.3 is 0 Å². The first-order chi connectivity index (χ1) is 9.18. The maximum absolute atomic E-state index is 6.15. The van der Waals surface area contributed by atoms with Gasteiger partial charge in [0.25, 0.3) is 0 Å². The number of nitrogens with two attached hydrogens (primary N) is 1. The highest BCUT2D eigenvalue weighted by Crippen LogP contribution is 2.38. The molecular formula is C15H21NO3. The van der Waals surface area contributed by atoms with Crippen molar-refractivity contribution in [2.75, 3.05) is 20.3 Å². The summed E-state index contributed by atoms with van der Waals surface area (Å²) in [6.45, 7) is 1.44. The van der Waals surface area contributed by atoms with Crippen LogP contribution in [-0.4, -0.2) is 32.0 Å². The Bertz CT molecular complexity index is 451. The van der Waals surface area contributed by atoms with Crippen LogP contribution in [0.5, 0.6) is 11.5 Å². The molecule has 19 heavy (non-hydrogen) atoms. The normalized spacial score (nSPS) is 24.2. The second-order valence-corrected chi connectivity index (χ2v) is 5.63. The predicted molar refractivity (Wildman–Crippen MR) is 72.7 cm³/mol. The van der Waals surface area contributed by atoms with Crippen LogP contribution in [0.4, 0.5) is 0 Å². The van der Waals surface area contributed by atoms with Gasteiger partial charge in [0.2, 0.25) is 0 Å². The monoisotopic (exact) mass is 263 g/mol. The van der Waals surface area contributed by atoms with Crippen LogP contribution in [-0.2, 0) is 11.2 Å². The standard InChI is InChI=1S/C15H21NO3/c1-17-14-8-11(9-15(16)5-6-15)2-3-13(14)19-12-4-7-18-10-12/h2-3,8,12H,4-7,9-10,16H2,1H3. The SMILES string of the molecule is COc1cc(CC2(N)CC2)ccc1OC1CCOC1. The van der Waals surface area contributed by atoms with Crippen LogP contribution in [0.3, 0.4) is 0 Å². The van der Waals surface area contributed by atoms with Crippen LogP contribution in [0.25, 0.3) is 0 Å². The summed E-state index contributed by atoms with van der Waals surface area (Å²) in [5, 5.41) is 0. The molecule has 0 aromatic heterocycles. The molecule has 1 aromatic rings. The van der Waals surface area contributed by atoms with Crippen molar-refractivity contribution >= 4 is 0 Å². The average Bonchev–Trinajstić information content (AvgIpc) is 2.92. The molecule has 0 bridgehead atoms. The fraction of sp³-hybridized carbons (Fsp3) is 0.600. The van der Waals surface area contributed by atoms with Gasteiger partial charge in [-0.1, -0.05) is 6.07 Å². The maximum Gasteiger partial charge on any atom is 0.161 e. The fourth-order valence-corrected chi connectivity index (χ4v) is 2.45. The molecule has 4 heteroatoms. The van der Waals surface area contributed by atoms with Crippen molar-refractivity contribution in [3.63, 3.8) is 0 Å². The Labute approximate surface area is 113 Å². The zero-order chi connectivity index (χ0) is 13.3. The van der Waals surface area contributed by atoms with Crippen LogP contribution in [0.15, 0.2) is 18.2 Å². The minimum Gasteiger partial charge on any atom is -0.493 e. The summed E-state index contributed by atoms with van der Waals surface area (Å²) in [5.74, 6) is 1.58. The van der Waals surface area contributed by atoms with Crippen molar-refractivity contribution in [2.45, 2.75) is 37.3 Å². The highest BCUT2D eigenvalue weighted by Gasteiger charge is 2.38. The lowest BCUT2D eigenvalue weighted by Gasteiger charge is -2.16. The molecule has 0 amide bonds. The average molecular weight is 263 g/mol. The number of ether oxygens (including phenoxy) is 3. The van der Waals surface area contributed by atoms with E-state index in [1.54, 1.807) is 7.11 Å². The van der Waals surface area contributed by atoms with E-state index in [1.807, 2.05) is 12.1 Å². The Morgan fingerprint density at radius 3 is 2.84 bits per heavy atom. The van der Waals surface area contributed by atoms with Gasteiger partial charge in [0, 0.05) is 12.0 Å². The smallest absolute Gasteiger partial charge is 0.161 e. The quantitative estimate of drug-likeness (QED) is 0.881. The summed E-state index contributed by atoms with van der Waals surface area (Å²) >= 11 is 0. The molecule has 2 fully saturated rings. The number of methoxy groups -OCH3 is 1. The van der Waals surface area contributed by atoms with E-state index >= 15 is 0 Å². The Hall–Kier alpha value is -1.26. The number of hydrogen-bond donors (Lipinski definition) is 1. The van der Waals surface area contributed by atoms with Crippen molar-refractivity contribution in [3.8, 4) is 11.5 Å². The van der Waals surface area contributed by atoms with E-state index in [0.717, 1.165) is 43.8 Å². The fourth-order valence-electron chi connectivity index (χ4n) is 2.45. The van der Waals surface area contributed by atoms with E-state index in [0.29, 0.717) is 6.61 Å². The molecular weight excluding hydrogens is 242 g/mol. The number of rotatable bonds is 5. The zero-order valence-corrected chi connectivity index (χ0v) is 11.4. The molecule has 104 valence electrons. The minimum absolute atomic E-state index is 0.0205. The van der Waals surface area contributed by atoms with E-state index in [1.165, 1.54) is 5.56 Å². The highest BCUT2D eigenvalue weighted by atomic mass is 16.6. The maximum atomic E-state index is 6.15. The van der Waals surface area contributed by atoms with Crippen molar-refractivity contribution in [1.29, 1.82) is 0 Å². The molecule has 3 rings (SSSR count). The van der Waals surface area contributed by atoms with Gasteiger partial charge < -0.3 is 19.9 Å². The van der Waals surface area contributed by atoms with Gasteiger partial charge in [0.1, 0.15) is 6.10 Å². The molecule has 1 aromatic carbocycles. The summed E-state index contributed by atoms with van der Waals surface area (Å²) in [6, 6.07) is 6.11. The largest absolute Gasteiger partial charge is 0.493 e. The molecule has 2 aliphatic rings. The number of benzene rings is 1. The lowest BCUT2D eigenvalue weighted by molar-refractivity contribution is 0.138. The molecule has 1 unspecified atom stereocenters. The lowest BCUT2D eigenvalue weighted by atomic mass is 10.0. The third-order valence-corrected chi connectivity index (χ3v) is 3.86. The molecule has 0 radical (unpaired) electrons. The van der Waals surface area contributed by atoms with Gasteiger partial charge in [-0.2, -0.15) is 0 Å². The van der Waals surface area contributed by atoms with Crippen LogP contribution in [0.2, 0.25) is 0 Å². The Morgan fingerprint density at radius 1 is 1.37 bits per heavy atom. The highest BCUT2D eigenvalue weighted by molar-refractivity contribution is 5.43. The molecule has 4 nitrogen and oxygen atoms in total. The lowest BCUT2D eigenvalue weighted by Crippen LogP contribution is -2.24. The van der Waals surface area contributed by atoms with Gasteiger partial charge in [-0.15, -0.1) is 0 Å². The van der Waals surface area contributed by atoms with E-state index in [4.69, 9.17) is 19.9 Å². The van der Waals surface area contributed by atoms with Crippen molar-refractivity contribution in [1.82, 2.24) is 0 Å². The molecule has 1 saturated heterocycles. The van der Waals surface area contributed by atoms with Crippen LogP contribution >= 0.6 is 0 Å². The molecule has 1 saturated carbocycles. The van der Waals surface area contributed by atoms with E-state index in [9.17, 15) is 0 Å². The van der Waals surface area contributed by atoms with Gasteiger partial charge in [0.05, 0.1) is 20.3 Å². The molecule has 0 spiro atoms. The topological polar surface area (TPSA) is 53.7 Å². The zero-order valence-electron chi connectivity index (χ0n) is 11.4. The van der Waals surface area contributed by atoms with Gasteiger partial charge in [-0.25, -0.2) is 0 Å². The Kier molecular flexibility index (Phi) is 3.37. The second-order valence-electron chi connectivity index (χ2n) is 5.63. The first-order valence-corrected chi connectivity index (χ1v) is 6.89. The van der Waals surface area contributed by atoms with Crippen molar-refractivity contribution < 1.29 is 14.2 Å². The summed E-state index contributed by atoms with van der Waals surface area (Å²) in [4.78, 5) is 0. The third kappa shape index (κ3) is 3.01. The Morgan fingerprint density at radius 2 is 2.21 bits per heavy atom. The van der Waals surface area contributed by atoms with Crippen LogP contribution in [0, 0.1) is 0 Å². The van der Waals surface area contributed by atoms with Crippen molar-refractivity contribution in [2.24, 2.45) is 5.73 Å². The minimum atomic E-state index is 0.0205. The van der Waals surface area contributed by atoms with Gasteiger partial charge in [-0.05, 0) is 37.0 Å². The van der Waals surface area contributed by atoms with Crippen LogP contribution in [0.1, 0.15) is 24.8 Å². The first kappa shape index (κ1) is 12.8. The summed E-state index contributed by atoms with van der Waals surface area (Å²) in [5.41, 5.74) is 7.39. The molecule has 1 atom stereocenters. The van der Waals surface area contributed by atoms with Crippen LogP contribution < -0.4 is 15.2 Å². The molecule has 1 aliphatic heterocycles. The van der Waals surface area contributed by atoms with Crippen molar-refractivity contribution in [3.05, 3.63) is 23.8 Å². The summed E-state index contributed by atoms with van der Waals surface area (Å²) in [7, 11) is 1.67. The third-order valence-electron chi connectivity index (χ3n) is 3.86. The number of hydrogen-bond acceptors (Lipinski definition) is 4. The van der Waals surface area contributed by atoms with E-state index in [-0.39, 0.29) is 11.6 Å². The molecule has 1 aliphatic carbocycles. The summed E-state index contributed by atoms with van der Waals surface area (Å²) in [6.07, 6.45) is 4.23. The van der Waals surface area contributed by atoms with Gasteiger partial charge in [-0.3, -0.25) is 0 Å². The molecule has 1 heterocycles. The predicted octanol–water partition coefficient (Wildman–Crippen LogP) is 1.90. The van der Waals surface area contributed by atoms with Gasteiger partial charge in [0.15, 0.2) is 11.5 Å². The Balaban J connectivity index is 1.72.